The van der Waals surface area contributed by atoms with E-state index in [0.29, 0.717) is 17.0 Å². The zero-order valence-electron chi connectivity index (χ0n) is 13.7. The molecule has 0 saturated carbocycles. The highest BCUT2D eigenvalue weighted by atomic mass is 16.5. The normalized spacial score (nSPS) is 16.2. The van der Waals surface area contributed by atoms with Crippen LogP contribution in [-0.2, 0) is 13.6 Å². The van der Waals surface area contributed by atoms with Crippen molar-refractivity contribution in [1.29, 1.82) is 0 Å². The lowest BCUT2D eigenvalue weighted by Gasteiger charge is -2.34. The Bertz CT molecular complexity index is 917. The van der Waals surface area contributed by atoms with Crippen molar-refractivity contribution in [3.63, 3.8) is 0 Å². The highest BCUT2D eigenvalue weighted by Crippen LogP contribution is 2.14. The van der Waals surface area contributed by atoms with Crippen molar-refractivity contribution in [3.8, 4) is 0 Å². The first-order valence-electron chi connectivity index (χ1n) is 7.91. The number of nitrogens with one attached hydrogen (secondary N) is 1. The third kappa shape index (κ3) is 2.67. The van der Waals surface area contributed by atoms with Gasteiger partial charge in [0.2, 0.25) is 5.95 Å². The van der Waals surface area contributed by atoms with Crippen molar-refractivity contribution in [2.24, 2.45) is 7.05 Å². The Labute approximate surface area is 137 Å². The molecule has 0 aliphatic carbocycles. The van der Waals surface area contributed by atoms with Crippen LogP contribution in [0, 0.1) is 6.92 Å². The molecule has 0 amide bonds. The molecule has 1 aliphatic rings. The lowest BCUT2D eigenvalue weighted by atomic mass is 10.3. The maximum atomic E-state index is 12.2. The van der Waals surface area contributed by atoms with Gasteiger partial charge in [-0.25, -0.2) is 0 Å². The van der Waals surface area contributed by atoms with Gasteiger partial charge in [-0.2, -0.15) is 10.1 Å². The number of rotatable bonds is 3. The van der Waals surface area contributed by atoms with Crippen molar-refractivity contribution in [3.05, 3.63) is 34.1 Å². The molecule has 0 aromatic carbocycles. The maximum Gasteiger partial charge on any atom is 0.263 e. The summed E-state index contributed by atoms with van der Waals surface area (Å²) in [5.41, 5.74) is 1.40. The van der Waals surface area contributed by atoms with E-state index >= 15 is 0 Å². The Kier molecular flexibility index (Phi) is 3.57. The fourth-order valence-corrected chi connectivity index (χ4v) is 3.01. The third-order valence-corrected chi connectivity index (χ3v) is 4.32. The summed E-state index contributed by atoms with van der Waals surface area (Å²) >= 11 is 0. The molecule has 0 unspecified atom stereocenters. The van der Waals surface area contributed by atoms with E-state index in [1.165, 1.54) is 0 Å². The zero-order chi connectivity index (χ0) is 16.7. The van der Waals surface area contributed by atoms with Gasteiger partial charge in [-0.15, -0.1) is 0 Å². The Morgan fingerprint density at radius 2 is 2.08 bits per heavy atom. The molecule has 0 radical (unpaired) electrons. The molecular formula is C15H19N7O2. The quantitative estimate of drug-likeness (QED) is 0.737. The van der Waals surface area contributed by atoms with E-state index in [-0.39, 0.29) is 5.56 Å². The summed E-state index contributed by atoms with van der Waals surface area (Å²) in [6.45, 7) is 6.01. The number of anilines is 1. The summed E-state index contributed by atoms with van der Waals surface area (Å²) < 4.78 is 6.73. The molecular weight excluding hydrogens is 310 g/mol. The fourth-order valence-electron chi connectivity index (χ4n) is 3.01. The van der Waals surface area contributed by atoms with Gasteiger partial charge in [-0.1, -0.05) is 5.16 Å². The molecule has 9 heteroatoms. The van der Waals surface area contributed by atoms with Crippen molar-refractivity contribution in [2.75, 3.05) is 31.1 Å². The number of piperazine rings is 1. The summed E-state index contributed by atoms with van der Waals surface area (Å²) in [4.78, 5) is 24.0. The van der Waals surface area contributed by atoms with Gasteiger partial charge in [0, 0.05) is 45.8 Å². The van der Waals surface area contributed by atoms with E-state index in [1.54, 1.807) is 17.9 Å². The van der Waals surface area contributed by atoms with Crippen LogP contribution in [0.3, 0.4) is 0 Å². The smallest absolute Gasteiger partial charge is 0.263 e. The number of fused-ring (bicyclic) bond motifs is 1. The topological polar surface area (TPSA) is 96.1 Å². The van der Waals surface area contributed by atoms with Crippen molar-refractivity contribution < 1.29 is 4.52 Å². The fraction of sp³-hybridized carbons (Fsp3) is 0.467. The molecule has 0 bridgehead atoms. The average Bonchev–Trinajstić information content (AvgIpc) is 3.15. The maximum absolute atomic E-state index is 12.2. The van der Waals surface area contributed by atoms with Crippen molar-refractivity contribution >= 4 is 17.0 Å². The molecule has 3 aromatic rings. The van der Waals surface area contributed by atoms with Gasteiger partial charge >= 0.3 is 0 Å². The van der Waals surface area contributed by atoms with Crippen LogP contribution in [0.5, 0.6) is 0 Å². The lowest BCUT2D eigenvalue weighted by molar-refractivity contribution is 0.240. The van der Waals surface area contributed by atoms with Crippen LogP contribution in [0.15, 0.2) is 21.6 Å². The molecule has 24 heavy (non-hydrogen) atoms. The lowest BCUT2D eigenvalue weighted by Crippen LogP contribution is -2.47. The second kappa shape index (κ2) is 5.75. The molecule has 3 aromatic heterocycles. The predicted molar refractivity (Wildman–Crippen MR) is 87.9 cm³/mol. The summed E-state index contributed by atoms with van der Waals surface area (Å²) in [5, 5.41) is 8.65. The van der Waals surface area contributed by atoms with Gasteiger partial charge in [0.1, 0.15) is 11.1 Å². The molecule has 4 rings (SSSR count). The van der Waals surface area contributed by atoms with Crippen molar-refractivity contribution in [1.82, 2.24) is 29.8 Å². The summed E-state index contributed by atoms with van der Waals surface area (Å²) in [6, 6.07) is 1.96. The second-order valence-electron chi connectivity index (χ2n) is 6.09. The summed E-state index contributed by atoms with van der Waals surface area (Å²) in [5.74, 6) is 1.43. The molecule has 1 aliphatic heterocycles. The molecule has 0 atom stereocenters. The first-order chi connectivity index (χ1) is 11.6. The molecule has 9 nitrogen and oxygen atoms in total. The minimum absolute atomic E-state index is 0.149. The molecule has 0 spiro atoms. The SMILES string of the molecule is Cc1cc(CN2CCN(c3nc4c(cnn4C)c(=O)[nH]3)CC2)no1. The van der Waals surface area contributed by atoms with E-state index in [9.17, 15) is 4.79 Å². The van der Waals surface area contributed by atoms with Gasteiger partial charge in [-0.05, 0) is 6.92 Å². The van der Waals surface area contributed by atoms with Crippen LogP contribution in [0.2, 0.25) is 0 Å². The van der Waals surface area contributed by atoms with Gasteiger partial charge in [0.05, 0.1) is 11.9 Å². The molecule has 1 saturated heterocycles. The molecule has 4 heterocycles. The number of hydrogen-bond donors (Lipinski definition) is 1. The van der Waals surface area contributed by atoms with Crippen LogP contribution in [0.25, 0.3) is 11.0 Å². The van der Waals surface area contributed by atoms with Crippen LogP contribution in [0.4, 0.5) is 5.95 Å². The largest absolute Gasteiger partial charge is 0.361 e. The Balaban J connectivity index is 1.47. The third-order valence-electron chi connectivity index (χ3n) is 4.32. The van der Waals surface area contributed by atoms with Gasteiger partial charge in [0.25, 0.3) is 5.56 Å². The van der Waals surface area contributed by atoms with E-state index in [0.717, 1.165) is 44.2 Å². The number of aromatic nitrogens is 5. The van der Waals surface area contributed by atoms with E-state index in [2.05, 4.69) is 30.0 Å². The van der Waals surface area contributed by atoms with E-state index < -0.39 is 0 Å². The Morgan fingerprint density at radius 1 is 1.29 bits per heavy atom. The molecule has 126 valence electrons. The van der Waals surface area contributed by atoms with Crippen molar-refractivity contribution in [2.45, 2.75) is 13.5 Å². The highest BCUT2D eigenvalue weighted by Gasteiger charge is 2.21. The summed E-state index contributed by atoms with van der Waals surface area (Å²) in [6.07, 6.45) is 1.54. The number of nitrogens with zero attached hydrogens (tertiary/aromatic N) is 6. The van der Waals surface area contributed by atoms with E-state index in [1.807, 2.05) is 13.0 Å². The first-order valence-corrected chi connectivity index (χ1v) is 7.91. The molecule has 1 N–H and O–H groups in total. The zero-order valence-corrected chi connectivity index (χ0v) is 13.7. The highest BCUT2D eigenvalue weighted by molar-refractivity contribution is 5.74. The van der Waals surface area contributed by atoms with E-state index in [4.69, 9.17) is 4.52 Å². The van der Waals surface area contributed by atoms with Crippen LogP contribution >= 0.6 is 0 Å². The van der Waals surface area contributed by atoms with Gasteiger partial charge in [0.15, 0.2) is 5.65 Å². The minimum atomic E-state index is -0.149. The monoisotopic (exact) mass is 329 g/mol. The molecule has 1 fully saturated rings. The van der Waals surface area contributed by atoms with Crippen LogP contribution in [0.1, 0.15) is 11.5 Å². The standard InChI is InChI=1S/C15H19N7O2/c1-10-7-11(19-24-10)9-21-3-5-22(6-4-21)15-17-13-12(14(23)18-15)8-16-20(13)2/h7-8H,3-6,9H2,1-2H3,(H,17,18,23). The number of hydrogen-bond acceptors (Lipinski definition) is 7. The second-order valence-corrected chi connectivity index (χ2v) is 6.09. The van der Waals surface area contributed by atoms with Crippen LogP contribution in [-0.4, -0.2) is 56.0 Å². The minimum Gasteiger partial charge on any atom is -0.361 e. The first kappa shape index (κ1) is 14.9. The number of aromatic amines is 1. The number of H-pyrrole nitrogens is 1. The van der Waals surface area contributed by atoms with Gasteiger partial charge < -0.3 is 9.42 Å². The average molecular weight is 329 g/mol. The van der Waals surface area contributed by atoms with Gasteiger partial charge in [-0.3, -0.25) is 19.4 Å². The van der Waals surface area contributed by atoms with Crippen LogP contribution < -0.4 is 10.5 Å². The Hall–Kier alpha value is -2.68. The number of aryl methyl sites for hydroxylation is 2. The predicted octanol–water partition coefficient (Wildman–Crippen LogP) is 0.275. The Morgan fingerprint density at radius 3 is 2.79 bits per heavy atom. The summed E-state index contributed by atoms with van der Waals surface area (Å²) in [7, 11) is 1.79.